The van der Waals surface area contributed by atoms with Gasteiger partial charge in [0, 0.05) is 0 Å². The van der Waals surface area contributed by atoms with Crippen molar-refractivity contribution in [2.45, 2.75) is 26.4 Å². The van der Waals surface area contributed by atoms with E-state index < -0.39 is 17.7 Å². The van der Waals surface area contributed by atoms with Gasteiger partial charge in [-0.3, -0.25) is 0 Å². The number of anilines is 1. The molecular weight excluding hydrogens is 262 g/mol. The van der Waals surface area contributed by atoms with Gasteiger partial charge in [-0.05, 0) is 32.9 Å². The van der Waals surface area contributed by atoms with Gasteiger partial charge in [-0.2, -0.15) is 0 Å². The molecule has 0 unspecified atom stereocenters. The summed E-state index contributed by atoms with van der Waals surface area (Å²) in [7, 11) is 0. The first-order valence-electron chi connectivity index (χ1n) is 6.02. The van der Waals surface area contributed by atoms with Crippen molar-refractivity contribution in [1.82, 2.24) is 0 Å². The second-order valence-corrected chi connectivity index (χ2v) is 5.21. The van der Waals surface area contributed by atoms with Crippen LogP contribution in [0.15, 0.2) is 36.2 Å². The standard InChI is InChI=1S/C14H15NO5/c1-14(2,3)20-13(18)15-9-6-4-5-7-11(9)19-8-10(15)12(16)17/h4-8H,1-3H3,(H,16,17). The van der Waals surface area contributed by atoms with Gasteiger partial charge in [-0.1, -0.05) is 12.1 Å². The Kier molecular flexibility index (Phi) is 3.40. The second kappa shape index (κ2) is 4.88. The van der Waals surface area contributed by atoms with Crippen molar-refractivity contribution in [3.63, 3.8) is 0 Å². The first-order chi connectivity index (χ1) is 9.29. The maximum atomic E-state index is 12.2. The van der Waals surface area contributed by atoms with Gasteiger partial charge in [0.1, 0.15) is 11.9 Å². The van der Waals surface area contributed by atoms with Crippen molar-refractivity contribution < 1.29 is 24.2 Å². The zero-order chi connectivity index (χ0) is 14.9. The molecule has 1 N–H and O–H groups in total. The Balaban J connectivity index is 2.43. The van der Waals surface area contributed by atoms with E-state index in [1.807, 2.05) is 0 Å². The van der Waals surface area contributed by atoms with E-state index in [1.165, 1.54) is 0 Å². The maximum absolute atomic E-state index is 12.2. The van der Waals surface area contributed by atoms with Gasteiger partial charge in [0.2, 0.25) is 0 Å². The first kappa shape index (κ1) is 13.9. The molecule has 1 amide bonds. The highest BCUT2D eigenvalue weighted by molar-refractivity contribution is 6.05. The molecule has 0 radical (unpaired) electrons. The molecule has 6 nitrogen and oxygen atoms in total. The van der Waals surface area contributed by atoms with Gasteiger partial charge in [0.25, 0.3) is 0 Å². The maximum Gasteiger partial charge on any atom is 0.419 e. The highest BCUT2D eigenvalue weighted by atomic mass is 16.6. The lowest BCUT2D eigenvalue weighted by atomic mass is 10.2. The number of hydrogen-bond donors (Lipinski definition) is 1. The number of nitrogens with zero attached hydrogens (tertiary/aromatic N) is 1. The Morgan fingerprint density at radius 1 is 1.25 bits per heavy atom. The lowest BCUT2D eigenvalue weighted by Gasteiger charge is -2.30. The molecule has 0 bridgehead atoms. The molecule has 6 heteroatoms. The van der Waals surface area contributed by atoms with Crippen molar-refractivity contribution in [2.24, 2.45) is 0 Å². The van der Waals surface area contributed by atoms with Crippen LogP contribution in [0, 0.1) is 0 Å². The van der Waals surface area contributed by atoms with Crippen molar-refractivity contribution >= 4 is 17.7 Å². The van der Waals surface area contributed by atoms with Crippen molar-refractivity contribution in [2.75, 3.05) is 4.90 Å². The van der Waals surface area contributed by atoms with Crippen LogP contribution in [0.3, 0.4) is 0 Å². The Morgan fingerprint density at radius 3 is 2.50 bits per heavy atom. The summed E-state index contributed by atoms with van der Waals surface area (Å²) in [5.41, 5.74) is -0.687. The van der Waals surface area contributed by atoms with E-state index in [1.54, 1.807) is 45.0 Å². The summed E-state index contributed by atoms with van der Waals surface area (Å²) in [5.74, 6) is -0.881. The number of carboxylic acids is 1. The zero-order valence-electron chi connectivity index (χ0n) is 11.4. The average Bonchev–Trinajstić information content (AvgIpc) is 2.35. The van der Waals surface area contributed by atoms with Gasteiger partial charge < -0.3 is 14.6 Å². The number of fused-ring (bicyclic) bond motifs is 1. The van der Waals surface area contributed by atoms with E-state index in [2.05, 4.69) is 0 Å². The molecular formula is C14H15NO5. The van der Waals surface area contributed by atoms with Crippen LogP contribution in [0.1, 0.15) is 20.8 Å². The Bertz CT molecular complexity index is 585. The minimum absolute atomic E-state index is 0.294. The number of rotatable bonds is 1. The second-order valence-electron chi connectivity index (χ2n) is 5.21. The normalized spacial score (nSPS) is 13.9. The predicted molar refractivity (Wildman–Crippen MR) is 71.5 cm³/mol. The van der Waals surface area contributed by atoms with Crippen LogP contribution in [0.4, 0.5) is 10.5 Å². The number of ether oxygens (including phenoxy) is 2. The molecule has 0 spiro atoms. The van der Waals surface area contributed by atoms with Gasteiger partial charge in [-0.15, -0.1) is 0 Å². The predicted octanol–water partition coefficient (Wildman–Crippen LogP) is 2.75. The number of carbonyl (C=O) groups is 2. The lowest BCUT2D eigenvalue weighted by Crippen LogP contribution is -2.40. The Morgan fingerprint density at radius 2 is 1.90 bits per heavy atom. The van der Waals surface area contributed by atoms with Gasteiger partial charge in [-0.25, -0.2) is 14.5 Å². The van der Waals surface area contributed by atoms with Crippen LogP contribution in [-0.2, 0) is 9.53 Å². The number of amides is 1. The fourth-order valence-electron chi connectivity index (χ4n) is 1.69. The van der Waals surface area contributed by atoms with Gasteiger partial charge in [0.15, 0.2) is 11.4 Å². The summed E-state index contributed by atoms with van der Waals surface area (Å²) in [5, 5.41) is 9.18. The minimum Gasteiger partial charge on any atom is -0.476 e. The van der Waals surface area contributed by atoms with Crippen LogP contribution >= 0.6 is 0 Å². The summed E-state index contributed by atoms with van der Waals surface area (Å²) in [6.45, 7) is 5.13. The third kappa shape index (κ3) is 2.74. The average molecular weight is 277 g/mol. The van der Waals surface area contributed by atoms with E-state index in [0.29, 0.717) is 11.4 Å². The van der Waals surface area contributed by atoms with Crippen LogP contribution in [-0.4, -0.2) is 22.8 Å². The molecule has 0 aliphatic carbocycles. The monoisotopic (exact) mass is 277 g/mol. The molecule has 20 heavy (non-hydrogen) atoms. The summed E-state index contributed by atoms with van der Waals surface area (Å²) in [6, 6.07) is 6.65. The molecule has 0 saturated heterocycles. The topological polar surface area (TPSA) is 76.1 Å². The lowest BCUT2D eigenvalue weighted by molar-refractivity contribution is -0.132. The van der Waals surface area contributed by atoms with Crippen molar-refractivity contribution in [1.29, 1.82) is 0 Å². The van der Waals surface area contributed by atoms with Gasteiger partial charge >= 0.3 is 12.1 Å². The Labute approximate surface area is 116 Å². The van der Waals surface area contributed by atoms with Crippen LogP contribution in [0.25, 0.3) is 0 Å². The first-order valence-corrected chi connectivity index (χ1v) is 6.02. The van der Waals surface area contributed by atoms with Crippen LogP contribution in [0.2, 0.25) is 0 Å². The number of carboxylic acid groups (broad SMARTS) is 1. The minimum atomic E-state index is -1.27. The number of carbonyl (C=O) groups excluding carboxylic acids is 1. The largest absolute Gasteiger partial charge is 0.476 e. The zero-order valence-corrected chi connectivity index (χ0v) is 11.4. The van der Waals surface area contributed by atoms with Gasteiger partial charge in [0.05, 0.1) is 5.69 Å². The molecule has 0 fully saturated rings. The summed E-state index contributed by atoms with van der Waals surface area (Å²) in [6.07, 6.45) is 0.260. The number of benzene rings is 1. The van der Waals surface area contributed by atoms with Crippen LogP contribution < -0.4 is 9.64 Å². The molecule has 1 aliphatic heterocycles. The summed E-state index contributed by atoms with van der Waals surface area (Å²) >= 11 is 0. The van der Waals surface area contributed by atoms with Crippen molar-refractivity contribution in [3.8, 4) is 5.75 Å². The quantitative estimate of drug-likeness (QED) is 0.854. The number of aliphatic carboxylic acids is 1. The molecule has 0 atom stereocenters. The summed E-state index contributed by atoms with van der Waals surface area (Å²) < 4.78 is 10.5. The number of hydrogen-bond acceptors (Lipinski definition) is 4. The van der Waals surface area contributed by atoms with E-state index in [4.69, 9.17) is 9.47 Å². The molecule has 1 heterocycles. The smallest absolute Gasteiger partial charge is 0.419 e. The third-order valence-corrected chi connectivity index (χ3v) is 2.44. The third-order valence-electron chi connectivity index (χ3n) is 2.44. The fraction of sp³-hybridized carbons (Fsp3) is 0.286. The SMILES string of the molecule is CC(C)(C)OC(=O)N1C(C(=O)O)=COc2ccccc21. The van der Waals surface area contributed by atoms with E-state index >= 15 is 0 Å². The van der Waals surface area contributed by atoms with E-state index in [9.17, 15) is 14.7 Å². The fourth-order valence-corrected chi connectivity index (χ4v) is 1.69. The number of para-hydroxylation sites is 2. The highest BCUT2D eigenvalue weighted by Crippen LogP contribution is 2.35. The molecule has 1 aromatic rings. The molecule has 1 aromatic carbocycles. The molecule has 0 saturated carbocycles. The highest BCUT2D eigenvalue weighted by Gasteiger charge is 2.34. The molecule has 1 aliphatic rings. The molecule has 2 rings (SSSR count). The molecule has 0 aromatic heterocycles. The van der Waals surface area contributed by atoms with E-state index in [-0.39, 0.29) is 5.70 Å². The van der Waals surface area contributed by atoms with E-state index in [0.717, 1.165) is 11.2 Å². The molecule has 106 valence electrons. The van der Waals surface area contributed by atoms with Crippen molar-refractivity contribution in [3.05, 3.63) is 36.2 Å². The van der Waals surface area contributed by atoms with Crippen LogP contribution in [0.5, 0.6) is 5.75 Å². The Hall–Kier alpha value is -2.50. The summed E-state index contributed by atoms with van der Waals surface area (Å²) in [4.78, 5) is 24.5.